The highest BCUT2D eigenvalue weighted by Crippen LogP contribution is 2.28. The number of H-pyrrole nitrogens is 1. The fourth-order valence-electron chi connectivity index (χ4n) is 1.58. The van der Waals surface area contributed by atoms with Crippen molar-refractivity contribution in [3.63, 3.8) is 0 Å². The normalized spacial score (nSPS) is 11.3. The number of benzene rings is 1. The van der Waals surface area contributed by atoms with Crippen LogP contribution in [0.2, 0.25) is 0 Å². The lowest BCUT2D eigenvalue weighted by molar-refractivity contribution is 0.417. The molecular weight excluding hydrogens is 210 g/mol. The van der Waals surface area contributed by atoms with Crippen LogP contribution in [0.1, 0.15) is 12.5 Å². The van der Waals surface area contributed by atoms with Gasteiger partial charge in [-0.15, -0.1) is 0 Å². The van der Waals surface area contributed by atoms with Crippen LogP contribution in [0.15, 0.2) is 6.20 Å². The van der Waals surface area contributed by atoms with Crippen molar-refractivity contribution in [1.82, 2.24) is 4.98 Å². The molecule has 0 aliphatic heterocycles. The van der Waals surface area contributed by atoms with Gasteiger partial charge in [-0.25, -0.2) is 17.6 Å². The monoisotopic (exact) mass is 217 g/mol. The number of fused-ring (bicyclic) bond motifs is 1. The van der Waals surface area contributed by atoms with Gasteiger partial charge in [0.1, 0.15) is 0 Å². The van der Waals surface area contributed by atoms with Gasteiger partial charge in [0, 0.05) is 11.6 Å². The van der Waals surface area contributed by atoms with E-state index in [2.05, 4.69) is 4.98 Å². The van der Waals surface area contributed by atoms with Crippen LogP contribution in [0, 0.1) is 23.3 Å². The molecule has 15 heavy (non-hydrogen) atoms. The van der Waals surface area contributed by atoms with Crippen LogP contribution in [-0.4, -0.2) is 4.98 Å². The summed E-state index contributed by atoms with van der Waals surface area (Å²) in [5.41, 5.74) is 0.0866. The Morgan fingerprint density at radius 1 is 1.00 bits per heavy atom. The largest absolute Gasteiger partial charge is 0.358 e. The summed E-state index contributed by atoms with van der Waals surface area (Å²) in [6.07, 6.45) is 1.75. The molecule has 1 N–H and O–H groups in total. The van der Waals surface area contributed by atoms with E-state index in [1.807, 2.05) is 0 Å². The van der Waals surface area contributed by atoms with Crippen molar-refractivity contribution >= 4 is 10.9 Å². The topological polar surface area (TPSA) is 15.8 Å². The second-order valence-electron chi connectivity index (χ2n) is 3.17. The van der Waals surface area contributed by atoms with E-state index in [0.717, 1.165) is 0 Å². The lowest BCUT2D eigenvalue weighted by Gasteiger charge is -2.01. The van der Waals surface area contributed by atoms with Gasteiger partial charge in [0.25, 0.3) is 0 Å². The van der Waals surface area contributed by atoms with E-state index in [9.17, 15) is 17.6 Å². The van der Waals surface area contributed by atoms with Gasteiger partial charge < -0.3 is 4.98 Å². The first-order valence-corrected chi connectivity index (χ1v) is 4.39. The lowest BCUT2D eigenvalue weighted by atomic mass is 10.1. The molecule has 0 aliphatic carbocycles. The third kappa shape index (κ3) is 1.22. The van der Waals surface area contributed by atoms with Gasteiger partial charge in [-0.1, -0.05) is 6.92 Å². The van der Waals surface area contributed by atoms with Crippen molar-refractivity contribution in [3.8, 4) is 0 Å². The van der Waals surface area contributed by atoms with E-state index in [0.29, 0.717) is 12.0 Å². The van der Waals surface area contributed by atoms with Gasteiger partial charge in [0.05, 0.1) is 5.52 Å². The summed E-state index contributed by atoms with van der Waals surface area (Å²) >= 11 is 0. The maximum Gasteiger partial charge on any atom is 0.199 e. The standard InChI is InChI=1S/C10H7F4N/c1-2-4-3-15-10-5(4)6(11)7(12)8(13)9(10)14/h3,15H,2H2,1H3. The van der Waals surface area contributed by atoms with E-state index in [-0.39, 0.29) is 10.9 Å². The highest BCUT2D eigenvalue weighted by molar-refractivity contribution is 5.84. The smallest absolute Gasteiger partial charge is 0.199 e. The Labute approximate surface area is 82.7 Å². The summed E-state index contributed by atoms with van der Waals surface area (Å²) in [6, 6.07) is 0. The van der Waals surface area contributed by atoms with Crippen LogP contribution < -0.4 is 0 Å². The fraction of sp³-hybridized carbons (Fsp3) is 0.200. The third-order valence-electron chi connectivity index (χ3n) is 2.36. The number of rotatable bonds is 1. The van der Waals surface area contributed by atoms with Crippen molar-refractivity contribution in [2.24, 2.45) is 0 Å². The summed E-state index contributed by atoms with van der Waals surface area (Å²) in [4.78, 5) is 2.39. The molecule has 0 saturated heterocycles. The number of hydrogen-bond donors (Lipinski definition) is 1. The number of aromatic nitrogens is 1. The highest BCUT2D eigenvalue weighted by atomic mass is 19.2. The van der Waals surface area contributed by atoms with E-state index in [1.165, 1.54) is 6.20 Å². The number of halogens is 4. The number of nitrogens with one attached hydrogen (secondary N) is 1. The van der Waals surface area contributed by atoms with Crippen molar-refractivity contribution in [3.05, 3.63) is 35.0 Å². The van der Waals surface area contributed by atoms with Crippen LogP contribution in [-0.2, 0) is 6.42 Å². The van der Waals surface area contributed by atoms with E-state index >= 15 is 0 Å². The molecule has 1 heterocycles. The quantitative estimate of drug-likeness (QED) is 0.428. The van der Waals surface area contributed by atoms with E-state index in [4.69, 9.17) is 0 Å². The minimum atomic E-state index is -1.79. The molecule has 0 saturated carbocycles. The highest BCUT2D eigenvalue weighted by Gasteiger charge is 2.22. The zero-order valence-corrected chi connectivity index (χ0v) is 7.80. The van der Waals surface area contributed by atoms with Gasteiger partial charge in [0.2, 0.25) is 0 Å². The Balaban J connectivity index is 2.97. The van der Waals surface area contributed by atoms with Crippen LogP contribution >= 0.6 is 0 Å². The number of aromatic amines is 1. The van der Waals surface area contributed by atoms with Gasteiger partial charge in [-0.05, 0) is 12.0 Å². The molecule has 0 amide bonds. The predicted molar refractivity (Wildman–Crippen MR) is 47.5 cm³/mol. The maximum absolute atomic E-state index is 13.3. The second kappa shape index (κ2) is 3.25. The Bertz CT molecular complexity index is 530. The molecule has 2 rings (SSSR count). The molecule has 5 heteroatoms. The molecule has 0 atom stereocenters. The molecule has 0 spiro atoms. The van der Waals surface area contributed by atoms with Gasteiger partial charge in [-0.2, -0.15) is 0 Å². The zero-order valence-electron chi connectivity index (χ0n) is 7.80. The Morgan fingerprint density at radius 3 is 2.20 bits per heavy atom. The molecule has 1 aromatic heterocycles. The molecule has 0 bridgehead atoms. The van der Waals surface area contributed by atoms with Crippen LogP contribution in [0.3, 0.4) is 0 Å². The molecule has 80 valence electrons. The van der Waals surface area contributed by atoms with Crippen molar-refractivity contribution < 1.29 is 17.6 Å². The minimum Gasteiger partial charge on any atom is -0.358 e. The molecule has 0 aliphatic rings. The summed E-state index contributed by atoms with van der Waals surface area (Å²) in [5.74, 6) is -6.29. The minimum absolute atomic E-state index is 0.214. The third-order valence-corrected chi connectivity index (χ3v) is 2.36. The Hall–Kier alpha value is -1.52. The molecule has 0 radical (unpaired) electrons. The maximum atomic E-state index is 13.3. The van der Waals surface area contributed by atoms with Crippen LogP contribution in [0.5, 0.6) is 0 Å². The first kappa shape index (κ1) is 10.0. The average molecular weight is 217 g/mol. The lowest BCUT2D eigenvalue weighted by Crippen LogP contribution is -1.97. The molecule has 2 aromatic rings. The summed E-state index contributed by atoms with van der Waals surface area (Å²) in [5, 5.41) is -0.214. The zero-order chi connectivity index (χ0) is 11.2. The van der Waals surface area contributed by atoms with E-state index in [1.54, 1.807) is 6.92 Å². The molecular formula is C10H7F4N. The first-order chi connectivity index (χ1) is 7.07. The van der Waals surface area contributed by atoms with Gasteiger partial charge >= 0.3 is 0 Å². The van der Waals surface area contributed by atoms with Crippen molar-refractivity contribution in [2.75, 3.05) is 0 Å². The van der Waals surface area contributed by atoms with Gasteiger partial charge in [-0.3, -0.25) is 0 Å². The second-order valence-corrected chi connectivity index (χ2v) is 3.17. The Morgan fingerprint density at radius 2 is 1.60 bits per heavy atom. The average Bonchev–Trinajstić information content (AvgIpc) is 2.67. The molecule has 0 fully saturated rings. The molecule has 1 nitrogen and oxygen atoms in total. The molecule has 0 unspecified atom stereocenters. The van der Waals surface area contributed by atoms with E-state index < -0.39 is 23.3 Å². The number of hydrogen-bond acceptors (Lipinski definition) is 0. The SMILES string of the molecule is CCc1c[nH]c2c(F)c(F)c(F)c(F)c12. The summed E-state index contributed by atoms with van der Waals surface area (Å²) < 4.78 is 52.2. The number of aryl methyl sites for hydroxylation is 1. The summed E-state index contributed by atoms with van der Waals surface area (Å²) in [7, 11) is 0. The van der Waals surface area contributed by atoms with Crippen LogP contribution in [0.4, 0.5) is 17.6 Å². The first-order valence-electron chi connectivity index (χ1n) is 4.39. The summed E-state index contributed by atoms with van der Waals surface area (Å²) in [6.45, 7) is 1.71. The van der Waals surface area contributed by atoms with Crippen molar-refractivity contribution in [1.29, 1.82) is 0 Å². The van der Waals surface area contributed by atoms with Gasteiger partial charge in [0.15, 0.2) is 23.3 Å². The predicted octanol–water partition coefficient (Wildman–Crippen LogP) is 3.29. The fourth-order valence-corrected chi connectivity index (χ4v) is 1.58. The van der Waals surface area contributed by atoms with Crippen molar-refractivity contribution in [2.45, 2.75) is 13.3 Å². The molecule has 1 aromatic carbocycles. The Kier molecular flexibility index (Phi) is 2.17. The van der Waals surface area contributed by atoms with Crippen LogP contribution in [0.25, 0.3) is 10.9 Å².